The van der Waals surface area contributed by atoms with Crippen molar-refractivity contribution in [3.63, 3.8) is 0 Å². The molecule has 58 valence electrons. The second-order valence-electron chi connectivity index (χ2n) is 2.78. The van der Waals surface area contributed by atoms with Gasteiger partial charge in [-0.15, -0.1) is 0 Å². The molecule has 1 saturated carbocycles. The van der Waals surface area contributed by atoms with E-state index in [9.17, 15) is 4.79 Å². The van der Waals surface area contributed by atoms with E-state index in [2.05, 4.69) is 45.2 Å². The summed E-state index contributed by atoms with van der Waals surface area (Å²) in [6.07, 6.45) is 1.69. The number of hydrogen-bond acceptors (Lipinski definition) is 1. The van der Waals surface area contributed by atoms with Gasteiger partial charge in [0.15, 0.2) is 0 Å². The molecule has 0 bridgehead atoms. The van der Waals surface area contributed by atoms with Gasteiger partial charge in [-0.25, -0.2) is 0 Å². The average molecular weight is 364 g/mol. The topological polar surface area (TPSA) is 17.1 Å². The number of hydrogen-bond donors (Lipinski definition) is 0. The molecule has 1 aliphatic carbocycles. The van der Waals surface area contributed by atoms with Crippen molar-refractivity contribution >= 4 is 51.0 Å². The summed E-state index contributed by atoms with van der Waals surface area (Å²) in [4.78, 5) is 11.0. The maximum absolute atomic E-state index is 11.0. The highest BCUT2D eigenvalue weighted by atomic mass is 127. The van der Waals surface area contributed by atoms with Crippen molar-refractivity contribution in [1.29, 1.82) is 0 Å². The van der Waals surface area contributed by atoms with Gasteiger partial charge >= 0.3 is 0 Å². The Kier molecular flexibility index (Phi) is 3.90. The summed E-state index contributed by atoms with van der Waals surface area (Å²) in [5.41, 5.74) is 0. The second kappa shape index (κ2) is 4.23. The fraction of sp³-hybridized carbons (Fsp3) is 0.857. The highest BCUT2D eigenvalue weighted by Gasteiger charge is 2.30. The normalized spacial score (nSPS) is 33.2. The van der Waals surface area contributed by atoms with E-state index in [1.807, 2.05) is 0 Å². The van der Waals surface area contributed by atoms with Gasteiger partial charge < -0.3 is 0 Å². The van der Waals surface area contributed by atoms with E-state index in [0.29, 0.717) is 17.6 Å². The van der Waals surface area contributed by atoms with Crippen LogP contribution in [0.5, 0.6) is 0 Å². The predicted octanol–water partition coefficient (Wildman–Crippen LogP) is 2.45. The van der Waals surface area contributed by atoms with E-state index in [4.69, 9.17) is 0 Å². The maximum atomic E-state index is 11.0. The van der Waals surface area contributed by atoms with E-state index in [1.54, 1.807) is 0 Å². The van der Waals surface area contributed by atoms with E-state index in [0.717, 1.165) is 21.7 Å². The van der Waals surface area contributed by atoms with Crippen LogP contribution < -0.4 is 0 Å². The summed E-state index contributed by atoms with van der Waals surface area (Å²) in [6.45, 7) is 0. The van der Waals surface area contributed by atoms with E-state index >= 15 is 0 Å². The fourth-order valence-corrected chi connectivity index (χ4v) is 3.42. The molecule has 0 aliphatic heterocycles. The molecule has 1 fully saturated rings. The Balaban J connectivity index is 2.48. The Hall–Kier alpha value is 1.13. The SMILES string of the molecule is O=C1C[C@@H](CI)[C@H](CI)C1. The van der Waals surface area contributed by atoms with Crippen molar-refractivity contribution in [3.8, 4) is 0 Å². The highest BCUT2D eigenvalue weighted by molar-refractivity contribution is 14.1. The molecule has 3 heteroatoms. The molecule has 0 aromatic heterocycles. The molecular formula is C7H10I2O. The number of halogens is 2. The first-order valence-electron chi connectivity index (χ1n) is 3.41. The largest absolute Gasteiger partial charge is 0.300 e. The fourth-order valence-electron chi connectivity index (χ4n) is 1.36. The first-order chi connectivity index (χ1) is 4.77. The van der Waals surface area contributed by atoms with Gasteiger partial charge in [-0.1, -0.05) is 45.2 Å². The molecule has 2 atom stereocenters. The van der Waals surface area contributed by atoms with E-state index < -0.39 is 0 Å². The molecule has 0 aromatic rings. The lowest BCUT2D eigenvalue weighted by molar-refractivity contribution is -0.117. The Labute approximate surface area is 88.6 Å². The molecule has 0 N–H and O–H groups in total. The number of alkyl halides is 2. The monoisotopic (exact) mass is 364 g/mol. The van der Waals surface area contributed by atoms with Crippen LogP contribution in [-0.4, -0.2) is 14.6 Å². The molecule has 1 aliphatic rings. The van der Waals surface area contributed by atoms with E-state index in [1.165, 1.54) is 0 Å². The van der Waals surface area contributed by atoms with Gasteiger partial charge in [0.05, 0.1) is 0 Å². The summed E-state index contributed by atoms with van der Waals surface area (Å²) >= 11 is 4.77. The number of carbonyl (C=O) groups excluding carboxylic acids is 1. The zero-order chi connectivity index (χ0) is 7.56. The van der Waals surface area contributed by atoms with Crippen molar-refractivity contribution in [2.24, 2.45) is 11.8 Å². The third kappa shape index (κ3) is 2.06. The van der Waals surface area contributed by atoms with Crippen molar-refractivity contribution in [2.45, 2.75) is 12.8 Å². The minimum atomic E-state index is 0.475. The molecule has 0 heterocycles. The standard InChI is InChI=1S/C7H10I2O/c8-3-5-1-7(10)2-6(5)4-9/h5-6H,1-4H2/t5-,6-/m0/s1. The summed E-state index contributed by atoms with van der Waals surface area (Å²) < 4.78 is 2.30. The first-order valence-corrected chi connectivity index (χ1v) is 6.46. The molecular weight excluding hydrogens is 354 g/mol. The number of ketones is 1. The quantitative estimate of drug-likeness (QED) is 0.544. The van der Waals surface area contributed by atoms with Crippen LogP contribution >= 0.6 is 45.2 Å². The molecule has 1 nitrogen and oxygen atoms in total. The average Bonchev–Trinajstić information content (AvgIpc) is 2.30. The molecule has 0 saturated heterocycles. The molecule has 0 unspecified atom stereocenters. The molecule has 0 aromatic carbocycles. The van der Waals surface area contributed by atoms with Crippen LogP contribution in [0, 0.1) is 11.8 Å². The minimum absolute atomic E-state index is 0.475. The lowest BCUT2D eigenvalue weighted by Crippen LogP contribution is -2.09. The van der Waals surface area contributed by atoms with Crippen LogP contribution in [-0.2, 0) is 4.79 Å². The molecule has 1 rings (SSSR count). The van der Waals surface area contributed by atoms with Crippen molar-refractivity contribution in [1.82, 2.24) is 0 Å². The van der Waals surface area contributed by atoms with Crippen LogP contribution in [0.3, 0.4) is 0 Å². The van der Waals surface area contributed by atoms with Crippen LogP contribution in [0.4, 0.5) is 0 Å². The van der Waals surface area contributed by atoms with Crippen molar-refractivity contribution in [3.05, 3.63) is 0 Å². The molecule has 0 amide bonds. The lowest BCUT2D eigenvalue weighted by Gasteiger charge is -2.11. The van der Waals surface area contributed by atoms with Crippen LogP contribution in [0.25, 0.3) is 0 Å². The van der Waals surface area contributed by atoms with Gasteiger partial charge in [-0.2, -0.15) is 0 Å². The predicted molar refractivity (Wildman–Crippen MR) is 59.0 cm³/mol. The summed E-state index contributed by atoms with van der Waals surface area (Å²) in [7, 11) is 0. The maximum Gasteiger partial charge on any atom is 0.133 e. The Bertz CT molecular complexity index is 122. The number of carbonyl (C=O) groups is 1. The zero-order valence-electron chi connectivity index (χ0n) is 5.65. The van der Waals surface area contributed by atoms with Gasteiger partial charge in [-0.05, 0) is 11.8 Å². The lowest BCUT2D eigenvalue weighted by atomic mass is 10.0. The molecule has 0 spiro atoms. The van der Waals surface area contributed by atoms with Crippen LogP contribution in [0.15, 0.2) is 0 Å². The Morgan fingerprint density at radius 1 is 1.20 bits per heavy atom. The minimum Gasteiger partial charge on any atom is -0.300 e. The first kappa shape index (κ1) is 9.22. The van der Waals surface area contributed by atoms with Crippen molar-refractivity contribution < 1.29 is 4.79 Å². The number of Topliss-reactive ketones (excluding diaryl/α,β-unsaturated/α-hetero) is 1. The summed E-state index contributed by atoms with van der Waals surface area (Å²) in [5, 5.41) is 0. The highest BCUT2D eigenvalue weighted by Crippen LogP contribution is 2.31. The van der Waals surface area contributed by atoms with Crippen LogP contribution in [0.1, 0.15) is 12.8 Å². The smallest absolute Gasteiger partial charge is 0.133 e. The summed E-state index contributed by atoms with van der Waals surface area (Å²) in [5.74, 6) is 1.85. The van der Waals surface area contributed by atoms with Crippen molar-refractivity contribution in [2.75, 3.05) is 8.86 Å². The van der Waals surface area contributed by atoms with Gasteiger partial charge in [0.1, 0.15) is 5.78 Å². The molecule has 0 radical (unpaired) electrons. The van der Waals surface area contributed by atoms with Crippen LogP contribution in [0.2, 0.25) is 0 Å². The Morgan fingerprint density at radius 3 is 1.90 bits per heavy atom. The van der Waals surface area contributed by atoms with Gasteiger partial charge in [0.2, 0.25) is 0 Å². The third-order valence-electron chi connectivity index (χ3n) is 2.04. The third-order valence-corrected chi connectivity index (χ3v) is 4.31. The summed E-state index contributed by atoms with van der Waals surface area (Å²) in [6, 6.07) is 0. The van der Waals surface area contributed by atoms with E-state index in [-0.39, 0.29) is 0 Å². The van der Waals surface area contributed by atoms with Gasteiger partial charge in [-0.3, -0.25) is 4.79 Å². The Morgan fingerprint density at radius 2 is 1.60 bits per heavy atom. The zero-order valence-corrected chi connectivity index (χ0v) is 9.96. The number of rotatable bonds is 2. The molecule has 10 heavy (non-hydrogen) atoms. The van der Waals surface area contributed by atoms with Gasteiger partial charge in [0.25, 0.3) is 0 Å². The van der Waals surface area contributed by atoms with Gasteiger partial charge in [0, 0.05) is 21.7 Å². The second-order valence-corrected chi connectivity index (χ2v) is 4.54.